The smallest absolute Gasteiger partial charge is 0.164 e. The van der Waals surface area contributed by atoms with Gasteiger partial charge in [0.15, 0.2) is 17.5 Å². The molecule has 4 heterocycles. The van der Waals surface area contributed by atoms with Gasteiger partial charge in [0.1, 0.15) is 0 Å². The van der Waals surface area contributed by atoms with Crippen LogP contribution in [0.2, 0.25) is 0 Å². The number of pyridine rings is 1. The molecule has 242 valence electrons. The maximum atomic E-state index is 4.97. The second-order valence-corrected chi connectivity index (χ2v) is 13.3. The van der Waals surface area contributed by atoms with Gasteiger partial charge < -0.3 is 8.97 Å². The summed E-state index contributed by atoms with van der Waals surface area (Å²) in [6, 6.07) is 62.0. The van der Waals surface area contributed by atoms with Gasteiger partial charge in [-0.05, 0) is 53.9 Å². The Balaban J connectivity index is 1.14. The maximum Gasteiger partial charge on any atom is 0.164 e. The third kappa shape index (κ3) is 4.26. The highest BCUT2D eigenvalue weighted by molar-refractivity contribution is 6.22. The van der Waals surface area contributed by atoms with Crippen molar-refractivity contribution in [2.75, 3.05) is 0 Å². The normalized spacial score (nSPS) is 11.8. The molecule has 0 aliphatic rings. The molecule has 0 radical (unpaired) electrons. The van der Waals surface area contributed by atoms with E-state index in [-0.39, 0.29) is 0 Å². The van der Waals surface area contributed by atoms with Crippen molar-refractivity contribution >= 4 is 59.9 Å². The van der Waals surface area contributed by atoms with Gasteiger partial charge in [-0.15, -0.1) is 0 Å². The lowest BCUT2D eigenvalue weighted by Gasteiger charge is -2.11. The van der Waals surface area contributed by atoms with Crippen molar-refractivity contribution < 1.29 is 0 Å². The van der Waals surface area contributed by atoms with Crippen LogP contribution in [0.15, 0.2) is 176 Å². The minimum atomic E-state index is 0.640. The molecule has 11 rings (SSSR count). The zero-order valence-electron chi connectivity index (χ0n) is 28.0. The number of hydrogen-bond donors (Lipinski definition) is 0. The number of hydrogen-bond acceptors (Lipinski definition) is 3. The van der Waals surface area contributed by atoms with Crippen LogP contribution >= 0.6 is 0 Å². The topological polar surface area (TPSA) is 48.0 Å². The molecule has 0 atom stereocenters. The molecule has 11 aromatic rings. The Labute approximate surface area is 298 Å². The van der Waals surface area contributed by atoms with E-state index >= 15 is 0 Å². The predicted octanol–water partition coefficient (Wildman–Crippen LogP) is 11.7. The van der Waals surface area contributed by atoms with Gasteiger partial charge in [0.25, 0.3) is 0 Å². The van der Waals surface area contributed by atoms with Gasteiger partial charge >= 0.3 is 0 Å². The van der Waals surface area contributed by atoms with Crippen LogP contribution in [0, 0.1) is 0 Å². The van der Waals surface area contributed by atoms with Crippen LogP contribution in [0.4, 0.5) is 0 Å². The number of benzene rings is 7. The molecule has 4 aromatic heterocycles. The van der Waals surface area contributed by atoms with E-state index in [9.17, 15) is 0 Å². The lowest BCUT2D eigenvalue weighted by Crippen LogP contribution is -2.00. The zero-order valence-corrected chi connectivity index (χ0v) is 28.0. The van der Waals surface area contributed by atoms with E-state index in [4.69, 9.17) is 15.0 Å². The summed E-state index contributed by atoms with van der Waals surface area (Å²) in [6.45, 7) is 0. The van der Waals surface area contributed by atoms with E-state index < -0.39 is 0 Å². The van der Waals surface area contributed by atoms with E-state index in [1.807, 2.05) is 60.7 Å². The summed E-state index contributed by atoms with van der Waals surface area (Å²) in [5.74, 6) is 1.94. The second kappa shape index (κ2) is 11.2. The first-order valence-corrected chi connectivity index (χ1v) is 17.5. The van der Waals surface area contributed by atoms with E-state index in [1.165, 1.54) is 59.9 Å². The van der Waals surface area contributed by atoms with Crippen LogP contribution < -0.4 is 0 Å². The third-order valence-electron chi connectivity index (χ3n) is 10.3. The van der Waals surface area contributed by atoms with Crippen molar-refractivity contribution in [2.45, 2.75) is 0 Å². The summed E-state index contributed by atoms with van der Waals surface area (Å²) in [5.41, 5.74) is 9.89. The molecule has 0 aliphatic carbocycles. The van der Waals surface area contributed by atoms with Gasteiger partial charge in [-0.3, -0.25) is 0 Å². The molecule has 5 nitrogen and oxygen atoms in total. The fourth-order valence-electron chi connectivity index (χ4n) is 8.00. The molecule has 0 unspecified atom stereocenters. The molecule has 52 heavy (non-hydrogen) atoms. The van der Waals surface area contributed by atoms with E-state index in [2.05, 4.69) is 124 Å². The fourth-order valence-corrected chi connectivity index (χ4v) is 8.00. The summed E-state index contributed by atoms with van der Waals surface area (Å²) in [7, 11) is 0. The Bertz CT molecular complexity index is 3100. The van der Waals surface area contributed by atoms with Crippen molar-refractivity contribution in [3.8, 4) is 39.9 Å². The number of aromatic nitrogens is 5. The van der Waals surface area contributed by atoms with Gasteiger partial charge in [-0.25, -0.2) is 15.0 Å². The zero-order chi connectivity index (χ0) is 34.2. The molecule has 0 saturated heterocycles. The minimum absolute atomic E-state index is 0.640. The molecule has 0 fully saturated rings. The van der Waals surface area contributed by atoms with E-state index in [0.717, 1.165) is 22.4 Å². The highest BCUT2D eigenvalue weighted by Gasteiger charge is 2.20. The van der Waals surface area contributed by atoms with Gasteiger partial charge in [0.2, 0.25) is 0 Å². The molecule has 0 N–H and O–H groups in total. The van der Waals surface area contributed by atoms with Crippen LogP contribution in [-0.2, 0) is 0 Å². The molecule has 0 saturated carbocycles. The van der Waals surface area contributed by atoms with Crippen molar-refractivity contribution in [3.63, 3.8) is 0 Å². The van der Waals surface area contributed by atoms with E-state index in [1.54, 1.807) is 0 Å². The first kappa shape index (κ1) is 28.7. The Morgan fingerprint density at radius 1 is 0.308 bits per heavy atom. The summed E-state index contributed by atoms with van der Waals surface area (Å²) in [4.78, 5) is 14.8. The SMILES string of the molecule is c1ccc(-c2nc(-c3ccccc3)nc(-c3ccc(-n4c5ccccc5c5ccc6c(cc7c8ccccc8c8ccccc8n76)c54)cc3)n2)cc1. The summed E-state index contributed by atoms with van der Waals surface area (Å²) in [5, 5.41) is 7.45. The molecule has 0 spiro atoms. The minimum Gasteiger partial charge on any atom is -0.309 e. The number of nitrogens with zero attached hydrogens (tertiary/aromatic N) is 5. The quantitative estimate of drug-likeness (QED) is 0.176. The lowest BCUT2D eigenvalue weighted by atomic mass is 10.1. The summed E-state index contributed by atoms with van der Waals surface area (Å²) in [6.07, 6.45) is 0. The second-order valence-electron chi connectivity index (χ2n) is 13.3. The average molecular weight is 664 g/mol. The standard InChI is InChI=1S/C47H29N5/c1-3-13-30(14-4-1)45-48-46(31-15-5-2-6-16-31)50-47(49-45)32-23-25-33(26-24-32)51-40-21-11-10-20-37(40)38-27-28-42-39(44(38)51)29-43-36-19-8-7-17-34(36)35-18-9-12-22-41(35)52(42)43/h1-29H. The van der Waals surface area contributed by atoms with Gasteiger partial charge in [0, 0.05) is 49.3 Å². The number of rotatable bonds is 4. The van der Waals surface area contributed by atoms with Crippen molar-refractivity contribution in [3.05, 3.63) is 176 Å². The first-order chi connectivity index (χ1) is 25.8. The predicted molar refractivity (Wildman–Crippen MR) is 214 cm³/mol. The van der Waals surface area contributed by atoms with Crippen molar-refractivity contribution in [1.29, 1.82) is 0 Å². The maximum absolute atomic E-state index is 4.97. The molecular weight excluding hydrogens is 635 g/mol. The Morgan fingerprint density at radius 2 is 0.769 bits per heavy atom. The average Bonchev–Trinajstić information content (AvgIpc) is 3.79. The highest BCUT2D eigenvalue weighted by Crippen LogP contribution is 2.41. The molecule has 0 amide bonds. The van der Waals surface area contributed by atoms with Crippen LogP contribution in [0.5, 0.6) is 0 Å². The number of para-hydroxylation sites is 2. The van der Waals surface area contributed by atoms with Gasteiger partial charge in [-0.1, -0.05) is 127 Å². The fraction of sp³-hybridized carbons (Fsp3) is 0. The largest absolute Gasteiger partial charge is 0.309 e. The van der Waals surface area contributed by atoms with Crippen LogP contribution in [-0.4, -0.2) is 23.9 Å². The molecule has 0 bridgehead atoms. The molecule has 0 aliphatic heterocycles. The van der Waals surface area contributed by atoms with E-state index in [0.29, 0.717) is 17.5 Å². The van der Waals surface area contributed by atoms with Crippen molar-refractivity contribution in [2.24, 2.45) is 0 Å². The Hall–Kier alpha value is -7.11. The Morgan fingerprint density at radius 3 is 1.38 bits per heavy atom. The van der Waals surface area contributed by atoms with Crippen molar-refractivity contribution in [1.82, 2.24) is 23.9 Å². The molecule has 5 heteroatoms. The number of fused-ring (bicyclic) bond motifs is 12. The van der Waals surface area contributed by atoms with Gasteiger partial charge in [0.05, 0.1) is 27.6 Å². The van der Waals surface area contributed by atoms with Gasteiger partial charge in [-0.2, -0.15) is 0 Å². The Kier molecular flexibility index (Phi) is 6.18. The first-order valence-electron chi connectivity index (χ1n) is 17.5. The molecule has 7 aromatic carbocycles. The third-order valence-corrected chi connectivity index (χ3v) is 10.3. The lowest BCUT2D eigenvalue weighted by molar-refractivity contribution is 1.07. The van der Waals surface area contributed by atoms with Crippen LogP contribution in [0.1, 0.15) is 0 Å². The van der Waals surface area contributed by atoms with Crippen LogP contribution in [0.3, 0.4) is 0 Å². The monoisotopic (exact) mass is 663 g/mol. The van der Waals surface area contributed by atoms with Crippen LogP contribution in [0.25, 0.3) is 99.8 Å². The summed E-state index contributed by atoms with van der Waals surface area (Å²) < 4.78 is 4.85. The summed E-state index contributed by atoms with van der Waals surface area (Å²) >= 11 is 0. The highest BCUT2D eigenvalue weighted by atomic mass is 15.0. The molecular formula is C47H29N5.